The Balaban J connectivity index is 1.63. The van der Waals surface area contributed by atoms with Crippen molar-refractivity contribution in [3.8, 4) is 5.75 Å². The van der Waals surface area contributed by atoms with E-state index in [-0.39, 0.29) is 17.9 Å². The van der Waals surface area contributed by atoms with Crippen molar-refractivity contribution in [3.63, 3.8) is 0 Å². The lowest BCUT2D eigenvalue weighted by Crippen LogP contribution is -2.39. The van der Waals surface area contributed by atoms with Gasteiger partial charge in [0.25, 0.3) is 0 Å². The first-order valence-electron chi connectivity index (χ1n) is 7.50. The number of amides is 1. The molecular formula is C16H22N2O2. The van der Waals surface area contributed by atoms with Crippen LogP contribution in [-0.4, -0.2) is 25.1 Å². The Bertz CT molecular complexity index is 489. The van der Waals surface area contributed by atoms with Gasteiger partial charge in [-0.15, -0.1) is 0 Å². The van der Waals surface area contributed by atoms with Gasteiger partial charge in [0.05, 0.1) is 12.5 Å². The monoisotopic (exact) mass is 274 g/mol. The lowest BCUT2D eigenvalue weighted by molar-refractivity contribution is -0.123. The quantitative estimate of drug-likeness (QED) is 0.883. The largest absolute Gasteiger partial charge is 0.493 e. The molecule has 1 saturated carbocycles. The van der Waals surface area contributed by atoms with Crippen LogP contribution in [0.3, 0.4) is 0 Å². The van der Waals surface area contributed by atoms with E-state index in [4.69, 9.17) is 10.5 Å². The predicted octanol–water partition coefficient (Wildman–Crippen LogP) is 1.80. The molecule has 1 amide bonds. The molecule has 1 aliphatic heterocycles. The van der Waals surface area contributed by atoms with Crippen LogP contribution in [0.4, 0.5) is 0 Å². The molecule has 3 unspecified atom stereocenters. The van der Waals surface area contributed by atoms with Gasteiger partial charge < -0.3 is 15.8 Å². The highest BCUT2D eigenvalue weighted by molar-refractivity contribution is 5.84. The van der Waals surface area contributed by atoms with E-state index in [0.717, 1.165) is 30.6 Å². The van der Waals surface area contributed by atoms with Crippen molar-refractivity contribution >= 4 is 5.91 Å². The Morgan fingerprint density at radius 3 is 2.95 bits per heavy atom. The fourth-order valence-corrected chi connectivity index (χ4v) is 3.29. The first-order valence-corrected chi connectivity index (χ1v) is 7.50. The standard InChI is InChI=1S/C16H22N2O2/c17-14-6-3-4-11(14)10-18-16(19)13-8-9-20-15-7-2-1-5-12(13)15/h1-2,5,7,11,13-14H,3-4,6,8-10,17H2,(H,18,19). The molecule has 4 heteroatoms. The van der Waals surface area contributed by atoms with Crippen LogP contribution in [0.1, 0.15) is 37.2 Å². The average molecular weight is 274 g/mol. The maximum atomic E-state index is 12.4. The van der Waals surface area contributed by atoms with E-state index in [1.165, 1.54) is 6.42 Å². The van der Waals surface area contributed by atoms with Crippen LogP contribution in [0, 0.1) is 5.92 Å². The fraction of sp³-hybridized carbons (Fsp3) is 0.562. The molecule has 3 atom stereocenters. The van der Waals surface area contributed by atoms with E-state index >= 15 is 0 Å². The first-order chi connectivity index (χ1) is 9.75. The minimum Gasteiger partial charge on any atom is -0.493 e. The molecular weight excluding hydrogens is 252 g/mol. The van der Waals surface area contributed by atoms with E-state index in [9.17, 15) is 4.79 Å². The molecule has 2 aliphatic rings. The second kappa shape index (κ2) is 5.83. The van der Waals surface area contributed by atoms with Crippen LogP contribution in [0.2, 0.25) is 0 Å². The summed E-state index contributed by atoms with van der Waals surface area (Å²) in [5.74, 6) is 1.31. The molecule has 1 heterocycles. The Morgan fingerprint density at radius 2 is 2.15 bits per heavy atom. The van der Waals surface area contributed by atoms with Gasteiger partial charge in [0.1, 0.15) is 5.75 Å². The molecule has 20 heavy (non-hydrogen) atoms. The molecule has 4 nitrogen and oxygen atoms in total. The molecule has 0 radical (unpaired) electrons. The summed E-state index contributed by atoms with van der Waals surface area (Å²) in [5, 5.41) is 3.09. The number of rotatable bonds is 3. The summed E-state index contributed by atoms with van der Waals surface area (Å²) in [6, 6.07) is 8.07. The van der Waals surface area contributed by atoms with Crippen molar-refractivity contribution in [2.75, 3.05) is 13.2 Å². The lowest BCUT2D eigenvalue weighted by Gasteiger charge is -2.26. The van der Waals surface area contributed by atoms with E-state index in [1.807, 2.05) is 24.3 Å². The van der Waals surface area contributed by atoms with Gasteiger partial charge in [0.15, 0.2) is 0 Å². The molecule has 0 aromatic heterocycles. The number of carbonyl (C=O) groups is 1. The number of para-hydroxylation sites is 1. The summed E-state index contributed by atoms with van der Waals surface area (Å²) in [6.45, 7) is 1.32. The van der Waals surface area contributed by atoms with Crippen molar-refractivity contribution in [1.82, 2.24) is 5.32 Å². The third kappa shape index (κ3) is 2.66. The van der Waals surface area contributed by atoms with E-state index < -0.39 is 0 Å². The van der Waals surface area contributed by atoms with Crippen LogP contribution in [0.25, 0.3) is 0 Å². The summed E-state index contributed by atoms with van der Waals surface area (Å²) in [4.78, 5) is 12.4. The van der Waals surface area contributed by atoms with Crippen LogP contribution in [0.5, 0.6) is 5.75 Å². The van der Waals surface area contributed by atoms with E-state index in [1.54, 1.807) is 0 Å². The molecule has 0 saturated heterocycles. The first kappa shape index (κ1) is 13.4. The van der Waals surface area contributed by atoms with Crippen molar-refractivity contribution in [1.29, 1.82) is 0 Å². The zero-order valence-corrected chi connectivity index (χ0v) is 11.7. The Morgan fingerprint density at radius 1 is 1.30 bits per heavy atom. The van der Waals surface area contributed by atoms with Crippen molar-refractivity contribution in [3.05, 3.63) is 29.8 Å². The van der Waals surface area contributed by atoms with Gasteiger partial charge in [-0.1, -0.05) is 24.6 Å². The summed E-state index contributed by atoms with van der Waals surface area (Å²) in [7, 11) is 0. The molecule has 3 N–H and O–H groups in total. The van der Waals surface area contributed by atoms with Gasteiger partial charge in [0, 0.05) is 18.2 Å². The van der Waals surface area contributed by atoms with E-state index in [0.29, 0.717) is 19.1 Å². The van der Waals surface area contributed by atoms with Crippen LogP contribution >= 0.6 is 0 Å². The van der Waals surface area contributed by atoms with Crippen LogP contribution < -0.4 is 15.8 Å². The lowest BCUT2D eigenvalue weighted by atomic mass is 9.92. The molecule has 3 rings (SSSR count). The van der Waals surface area contributed by atoms with Gasteiger partial charge in [-0.2, -0.15) is 0 Å². The molecule has 0 spiro atoms. The highest BCUT2D eigenvalue weighted by atomic mass is 16.5. The topological polar surface area (TPSA) is 64.3 Å². The van der Waals surface area contributed by atoms with Gasteiger partial charge >= 0.3 is 0 Å². The SMILES string of the molecule is NC1CCCC1CNC(=O)C1CCOc2ccccc21. The third-order valence-corrected chi connectivity index (χ3v) is 4.53. The smallest absolute Gasteiger partial charge is 0.227 e. The van der Waals surface area contributed by atoms with Gasteiger partial charge in [-0.3, -0.25) is 4.79 Å². The number of hydrogen-bond acceptors (Lipinski definition) is 3. The highest BCUT2D eigenvalue weighted by Gasteiger charge is 2.29. The van der Waals surface area contributed by atoms with Gasteiger partial charge in [-0.05, 0) is 31.2 Å². The van der Waals surface area contributed by atoms with Crippen molar-refractivity contribution in [2.24, 2.45) is 11.7 Å². The number of carbonyl (C=O) groups excluding carboxylic acids is 1. The number of nitrogens with one attached hydrogen (secondary N) is 1. The Hall–Kier alpha value is -1.55. The average Bonchev–Trinajstić information content (AvgIpc) is 2.89. The molecule has 1 aliphatic carbocycles. The molecule has 108 valence electrons. The number of benzene rings is 1. The normalized spacial score (nSPS) is 28.6. The summed E-state index contributed by atoms with van der Waals surface area (Å²) in [5.41, 5.74) is 7.06. The number of fused-ring (bicyclic) bond motifs is 1. The van der Waals surface area contributed by atoms with E-state index in [2.05, 4.69) is 5.32 Å². The third-order valence-electron chi connectivity index (χ3n) is 4.53. The van der Waals surface area contributed by atoms with Gasteiger partial charge in [0.2, 0.25) is 5.91 Å². The molecule has 0 bridgehead atoms. The zero-order chi connectivity index (χ0) is 13.9. The maximum absolute atomic E-state index is 12.4. The van der Waals surface area contributed by atoms with Crippen molar-refractivity contribution < 1.29 is 9.53 Å². The Labute approximate surface area is 119 Å². The van der Waals surface area contributed by atoms with Gasteiger partial charge in [-0.25, -0.2) is 0 Å². The number of hydrogen-bond donors (Lipinski definition) is 2. The predicted molar refractivity (Wildman–Crippen MR) is 77.6 cm³/mol. The Kier molecular flexibility index (Phi) is 3.92. The fourth-order valence-electron chi connectivity index (χ4n) is 3.29. The second-order valence-electron chi connectivity index (χ2n) is 5.83. The minimum absolute atomic E-state index is 0.0856. The van der Waals surface area contributed by atoms with Crippen molar-refractivity contribution in [2.45, 2.75) is 37.6 Å². The highest BCUT2D eigenvalue weighted by Crippen LogP contribution is 2.33. The molecule has 1 aromatic rings. The zero-order valence-electron chi connectivity index (χ0n) is 11.7. The second-order valence-corrected chi connectivity index (χ2v) is 5.83. The van der Waals surface area contributed by atoms with Crippen LogP contribution in [0.15, 0.2) is 24.3 Å². The molecule has 1 fully saturated rings. The maximum Gasteiger partial charge on any atom is 0.227 e. The van der Waals surface area contributed by atoms with Crippen LogP contribution in [-0.2, 0) is 4.79 Å². The number of ether oxygens (including phenoxy) is 1. The summed E-state index contributed by atoms with van der Waals surface area (Å²) in [6.07, 6.45) is 4.15. The minimum atomic E-state index is -0.0856. The number of nitrogens with two attached hydrogens (primary N) is 1. The molecule has 1 aromatic carbocycles. The summed E-state index contributed by atoms with van der Waals surface area (Å²) >= 11 is 0. The summed E-state index contributed by atoms with van der Waals surface area (Å²) < 4.78 is 5.60.